The first-order valence-electron chi connectivity index (χ1n) is 13.8. The first-order valence-corrected chi connectivity index (χ1v) is 17.1. The number of rotatable bonds is 12. The second-order valence-electron chi connectivity index (χ2n) is 10.5. The molecule has 16 heteroatoms. The van der Waals surface area contributed by atoms with Crippen LogP contribution in [0, 0.1) is 4.91 Å². The van der Waals surface area contributed by atoms with E-state index in [-0.39, 0.29) is 11.3 Å². The summed E-state index contributed by atoms with van der Waals surface area (Å²) in [6.07, 6.45) is -0.263. The summed E-state index contributed by atoms with van der Waals surface area (Å²) >= 11 is 5.95. The maximum absolute atomic E-state index is 14.2. The molecule has 2 unspecified atom stereocenters. The molecule has 0 aromatic heterocycles. The Bertz CT molecular complexity index is 2000. The van der Waals surface area contributed by atoms with Crippen molar-refractivity contribution in [2.45, 2.75) is 28.3 Å². The van der Waals surface area contributed by atoms with Crippen LogP contribution in [-0.4, -0.2) is 51.2 Å². The van der Waals surface area contributed by atoms with Crippen molar-refractivity contribution in [2.75, 3.05) is 13.1 Å². The fraction of sp³-hybridized carbons (Fsp3) is 0.194. The zero-order chi connectivity index (χ0) is 34.0. The van der Waals surface area contributed by atoms with E-state index in [2.05, 4.69) is 5.18 Å². The van der Waals surface area contributed by atoms with Crippen molar-refractivity contribution in [3.63, 3.8) is 0 Å². The van der Waals surface area contributed by atoms with Gasteiger partial charge in [-0.25, -0.2) is 21.6 Å². The van der Waals surface area contributed by atoms with Gasteiger partial charge in [0.15, 0.2) is 0 Å². The monoisotopic (exact) mass is 707 g/mol. The van der Waals surface area contributed by atoms with Gasteiger partial charge in [-0.3, -0.25) is 4.79 Å². The van der Waals surface area contributed by atoms with E-state index in [1.807, 2.05) is 0 Å². The molecule has 47 heavy (non-hydrogen) atoms. The number of nitrogens with one attached hydrogen (secondary N) is 1. The van der Waals surface area contributed by atoms with E-state index in [0.717, 1.165) is 0 Å². The van der Waals surface area contributed by atoms with E-state index in [9.17, 15) is 39.7 Å². The van der Waals surface area contributed by atoms with Crippen LogP contribution in [-0.2, 0) is 24.8 Å². The second-order valence-corrected chi connectivity index (χ2v) is 14.6. The number of halogens is 4. The molecule has 0 spiro atoms. The number of hydrogen-bond acceptors (Lipinski definition) is 7. The highest BCUT2D eigenvalue weighted by Gasteiger charge is 2.68. The summed E-state index contributed by atoms with van der Waals surface area (Å²) < 4.78 is 98.6. The molecule has 1 aliphatic carbocycles. The van der Waals surface area contributed by atoms with Gasteiger partial charge in [-0.15, -0.1) is 4.91 Å². The minimum Gasteiger partial charge on any atom is -0.457 e. The molecule has 5 rings (SSSR count). The van der Waals surface area contributed by atoms with Gasteiger partial charge in [-0.1, -0.05) is 66.2 Å². The molecule has 10 nitrogen and oxygen atoms in total. The molecule has 0 aliphatic heterocycles. The smallest absolute Gasteiger partial charge is 0.457 e. The molecule has 1 aliphatic rings. The lowest BCUT2D eigenvalue weighted by molar-refractivity contribution is -0.123. The lowest BCUT2D eigenvalue weighted by Crippen LogP contribution is -2.51. The van der Waals surface area contributed by atoms with Crippen LogP contribution in [0.1, 0.15) is 17.9 Å². The van der Waals surface area contributed by atoms with Crippen LogP contribution < -0.4 is 9.46 Å². The summed E-state index contributed by atoms with van der Waals surface area (Å²) in [7, 11) is -10.6. The van der Waals surface area contributed by atoms with Crippen molar-refractivity contribution in [3.8, 4) is 22.6 Å². The number of nitroso groups, excluding NO2 is 1. The number of alkyl halides is 3. The average Bonchev–Trinajstić information content (AvgIpc) is 3.79. The molecular formula is C31H25ClF3N3O7S2. The maximum atomic E-state index is 14.2. The third-order valence-electron chi connectivity index (χ3n) is 7.60. The van der Waals surface area contributed by atoms with E-state index < -0.39 is 56.0 Å². The molecule has 4 aromatic rings. The Labute approximate surface area is 273 Å². The van der Waals surface area contributed by atoms with Gasteiger partial charge in [0.25, 0.3) is 0 Å². The molecule has 1 amide bonds. The summed E-state index contributed by atoms with van der Waals surface area (Å²) in [5, 5.41) is 3.00. The van der Waals surface area contributed by atoms with E-state index in [4.69, 9.17) is 16.3 Å². The number of nitrogens with zero attached hydrogens (tertiary/aromatic N) is 2. The lowest BCUT2D eigenvalue weighted by Gasteiger charge is -2.30. The van der Waals surface area contributed by atoms with Gasteiger partial charge in [0, 0.05) is 29.2 Å². The van der Waals surface area contributed by atoms with Crippen LogP contribution in [0.15, 0.2) is 113 Å². The second kappa shape index (κ2) is 13.2. The zero-order valence-corrected chi connectivity index (χ0v) is 26.5. The minimum atomic E-state index is -5.86. The molecular weight excluding hydrogens is 683 g/mol. The zero-order valence-electron chi connectivity index (χ0n) is 24.1. The predicted molar refractivity (Wildman–Crippen MR) is 168 cm³/mol. The van der Waals surface area contributed by atoms with E-state index >= 15 is 0 Å². The van der Waals surface area contributed by atoms with Gasteiger partial charge in [0.2, 0.25) is 10.0 Å². The highest BCUT2D eigenvalue weighted by molar-refractivity contribution is 7.90. The average molecular weight is 708 g/mol. The number of ether oxygens (including phenoxy) is 1. The SMILES string of the molecule is O=NC(=O)C1(N(CCNS(=O)(=O)C(F)(F)F)S(=O)(=O)c2ccc(-c3ccc(Cl)cc3)cc2)CC1c1cccc(Oc2ccccc2)c1. The van der Waals surface area contributed by atoms with Crippen molar-refractivity contribution in [1.82, 2.24) is 9.03 Å². The summed E-state index contributed by atoms with van der Waals surface area (Å²) in [4.78, 5) is 24.6. The van der Waals surface area contributed by atoms with E-state index in [0.29, 0.717) is 37.5 Å². The Morgan fingerprint density at radius 3 is 2.09 bits per heavy atom. The van der Waals surface area contributed by atoms with Crippen LogP contribution in [0.4, 0.5) is 13.2 Å². The Balaban J connectivity index is 1.52. The maximum Gasteiger partial charge on any atom is 0.511 e. The molecule has 0 bridgehead atoms. The molecule has 0 heterocycles. The number of carbonyl (C=O) groups excluding carboxylic acids is 1. The summed E-state index contributed by atoms with van der Waals surface area (Å²) in [6.45, 7) is -2.00. The molecule has 2 atom stereocenters. The number of amides is 1. The topological polar surface area (TPSA) is 139 Å². The van der Waals surface area contributed by atoms with Crippen molar-refractivity contribution in [2.24, 2.45) is 5.18 Å². The quantitative estimate of drug-likeness (QED) is 0.167. The van der Waals surface area contributed by atoms with Crippen LogP contribution >= 0.6 is 11.6 Å². The molecule has 0 saturated heterocycles. The number of benzene rings is 4. The first-order chi connectivity index (χ1) is 22.2. The molecule has 1 N–H and O–H groups in total. The van der Waals surface area contributed by atoms with Gasteiger partial charge in [0.05, 0.1) is 4.90 Å². The van der Waals surface area contributed by atoms with Crippen molar-refractivity contribution in [3.05, 3.63) is 119 Å². The number of sulfonamides is 2. The molecule has 1 fully saturated rings. The Morgan fingerprint density at radius 2 is 1.49 bits per heavy atom. The molecule has 1 saturated carbocycles. The Morgan fingerprint density at radius 1 is 0.894 bits per heavy atom. The molecule has 246 valence electrons. The van der Waals surface area contributed by atoms with Crippen molar-refractivity contribution in [1.29, 1.82) is 0 Å². The summed E-state index contributed by atoms with van der Waals surface area (Å²) in [5.41, 5.74) is -6.15. The normalized spacial score (nSPS) is 18.1. The lowest BCUT2D eigenvalue weighted by atomic mass is 10.0. The van der Waals surface area contributed by atoms with Gasteiger partial charge in [-0.05, 0) is 71.6 Å². The fourth-order valence-electron chi connectivity index (χ4n) is 5.25. The van der Waals surface area contributed by atoms with Crippen molar-refractivity contribution >= 4 is 37.6 Å². The number of para-hydroxylation sites is 1. The largest absolute Gasteiger partial charge is 0.511 e. The summed E-state index contributed by atoms with van der Waals surface area (Å²) in [5.74, 6) is -1.56. The van der Waals surface area contributed by atoms with Gasteiger partial charge >= 0.3 is 21.4 Å². The Hall–Kier alpha value is -4.15. The third-order valence-corrected chi connectivity index (χ3v) is 11.0. The van der Waals surface area contributed by atoms with Crippen LogP contribution in [0.5, 0.6) is 11.5 Å². The molecule has 4 aromatic carbocycles. The summed E-state index contributed by atoms with van der Waals surface area (Å²) in [6, 6.07) is 27.1. The van der Waals surface area contributed by atoms with Crippen LogP contribution in [0.3, 0.4) is 0 Å². The molecule has 0 radical (unpaired) electrons. The van der Waals surface area contributed by atoms with Crippen LogP contribution in [0.2, 0.25) is 5.02 Å². The highest BCUT2D eigenvalue weighted by Crippen LogP contribution is 2.58. The standard InChI is InChI=1S/C31H25ClF3N3O7S2/c32-24-13-9-21(10-14-24)22-11-15-27(16-12-22)46(41,42)38(18-17-36-47(43,44)31(33,34)35)30(29(39)37-40)20-28(30)23-5-4-8-26(19-23)45-25-6-2-1-3-7-25/h1-16,19,28,36H,17-18,20H2. The van der Waals surface area contributed by atoms with Gasteiger partial charge in [-0.2, -0.15) is 17.5 Å². The van der Waals surface area contributed by atoms with E-state index in [1.54, 1.807) is 72.8 Å². The van der Waals surface area contributed by atoms with E-state index in [1.165, 1.54) is 35.1 Å². The Kier molecular flexibility index (Phi) is 9.57. The van der Waals surface area contributed by atoms with Crippen molar-refractivity contribution < 1.29 is 39.5 Å². The van der Waals surface area contributed by atoms with Gasteiger partial charge in [0.1, 0.15) is 17.0 Å². The predicted octanol–water partition coefficient (Wildman–Crippen LogP) is 6.45. The van der Waals surface area contributed by atoms with Gasteiger partial charge < -0.3 is 4.74 Å². The number of hydrogen-bond donors (Lipinski definition) is 1. The minimum absolute atomic E-state index is 0.263. The first kappa shape index (κ1) is 34.2. The number of carbonyl (C=O) groups is 1. The highest BCUT2D eigenvalue weighted by atomic mass is 35.5. The fourth-order valence-corrected chi connectivity index (χ4v) is 7.67. The third kappa shape index (κ3) is 7.09. The van der Waals surface area contributed by atoms with Crippen LogP contribution in [0.25, 0.3) is 11.1 Å².